The van der Waals surface area contributed by atoms with Gasteiger partial charge in [0.05, 0.1) is 6.67 Å². The maximum Gasteiger partial charge on any atom is 0.407 e. The lowest BCUT2D eigenvalue weighted by atomic mass is 10.1. The summed E-state index contributed by atoms with van der Waals surface area (Å²) in [6.45, 7) is 10.7. The van der Waals surface area contributed by atoms with Crippen molar-refractivity contribution in [3.8, 4) is 0 Å². The molecule has 9 heteroatoms. The molecule has 0 radical (unpaired) electrons. The molecule has 2 aliphatic rings. The average Bonchev–Trinajstić information content (AvgIpc) is 2.72. The quantitative estimate of drug-likeness (QED) is 0.570. The van der Waals surface area contributed by atoms with E-state index in [0.717, 1.165) is 9.80 Å². The fourth-order valence-electron chi connectivity index (χ4n) is 3.09. The number of rotatable bonds is 5. The molecule has 0 atom stereocenters. The van der Waals surface area contributed by atoms with Crippen LogP contribution in [0, 0.1) is 5.92 Å². The van der Waals surface area contributed by atoms with Crippen molar-refractivity contribution in [1.82, 2.24) is 20.0 Å². The predicted octanol–water partition coefficient (Wildman–Crippen LogP) is 1.38. The van der Waals surface area contributed by atoms with Crippen molar-refractivity contribution in [2.24, 2.45) is 5.92 Å². The van der Waals surface area contributed by atoms with Crippen LogP contribution in [0.1, 0.15) is 47.5 Å². The van der Waals surface area contributed by atoms with Gasteiger partial charge in [0.15, 0.2) is 0 Å². The van der Waals surface area contributed by atoms with Crippen molar-refractivity contribution in [3.05, 3.63) is 0 Å². The van der Waals surface area contributed by atoms with Crippen LogP contribution in [0.3, 0.4) is 0 Å². The number of imide groups is 2. The predicted molar refractivity (Wildman–Crippen MR) is 97.6 cm³/mol. The Kier molecular flexibility index (Phi) is 6.46. The van der Waals surface area contributed by atoms with Crippen LogP contribution >= 0.6 is 0 Å². The summed E-state index contributed by atoms with van der Waals surface area (Å²) in [5, 5.41) is 2.85. The Hall–Kier alpha value is -2.16. The van der Waals surface area contributed by atoms with E-state index in [1.807, 2.05) is 39.5 Å². The number of piperidine rings is 1. The molecule has 0 unspecified atom stereocenters. The smallest absolute Gasteiger partial charge is 0.407 e. The Bertz CT molecular complexity index is 605. The van der Waals surface area contributed by atoms with Gasteiger partial charge < -0.3 is 10.1 Å². The first-order valence-corrected chi connectivity index (χ1v) is 9.37. The van der Waals surface area contributed by atoms with Crippen LogP contribution in [-0.2, 0) is 14.3 Å². The first kappa shape index (κ1) is 21.1. The zero-order chi connectivity index (χ0) is 20.4. The molecule has 9 nitrogen and oxygen atoms in total. The number of carbonyl (C=O) groups is 4. The van der Waals surface area contributed by atoms with Crippen LogP contribution in [0.5, 0.6) is 0 Å². The van der Waals surface area contributed by atoms with Gasteiger partial charge >= 0.3 is 23.9 Å². The molecule has 5 amide bonds. The van der Waals surface area contributed by atoms with Crippen molar-refractivity contribution in [3.63, 3.8) is 0 Å². The van der Waals surface area contributed by atoms with E-state index < -0.39 is 29.5 Å². The summed E-state index contributed by atoms with van der Waals surface area (Å²) < 4.78 is 5.25. The normalized spacial score (nSPS) is 20.0. The maximum absolute atomic E-state index is 12.4. The Morgan fingerprint density at radius 2 is 1.67 bits per heavy atom. The zero-order valence-electron chi connectivity index (χ0n) is 16.8. The lowest BCUT2D eigenvalue weighted by molar-refractivity contribution is -0.144. The molecule has 0 aromatic rings. The standard InChI is InChI=1S/C18H30N4O5/c1-12(2)10-21-14(23)15(24)22(17(21)26)11-20-8-6-13(7-9-20)19-16(25)27-18(3,4)5/h12-13H,6-11H2,1-5H3,(H,19,25). The summed E-state index contributed by atoms with van der Waals surface area (Å²) in [4.78, 5) is 52.4. The Morgan fingerprint density at radius 3 is 2.19 bits per heavy atom. The van der Waals surface area contributed by atoms with E-state index in [-0.39, 0.29) is 25.2 Å². The monoisotopic (exact) mass is 382 g/mol. The van der Waals surface area contributed by atoms with Crippen molar-refractivity contribution < 1.29 is 23.9 Å². The molecular formula is C18H30N4O5. The third-order valence-corrected chi connectivity index (χ3v) is 4.33. The van der Waals surface area contributed by atoms with Gasteiger partial charge in [-0.15, -0.1) is 0 Å². The molecule has 2 heterocycles. The molecule has 0 saturated carbocycles. The van der Waals surface area contributed by atoms with Crippen molar-refractivity contribution in [1.29, 1.82) is 0 Å². The van der Waals surface area contributed by atoms with Gasteiger partial charge in [-0.3, -0.25) is 19.4 Å². The number of likely N-dealkylation sites (tertiary alicyclic amines) is 1. The van der Waals surface area contributed by atoms with Crippen molar-refractivity contribution in [2.75, 3.05) is 26.3 Å². The molecular weight excluding hydrogens is 352 g/mol. The minimum absolute atomic E-state index is 0.0137. The van der Waals surface area contributed by atoms with Crippen LogP contribution < -0.4 is 5.32 Å². The minimum atomic E-state index is -0.769. The van der Waals surface area contributed by atoms with E-state index in [0.29, 0.717) is 25.9 Å². The van der Waals surface area contributed by atoms with Gasteiger partial charge in [0.2, 0.25) is 0 Å². The van der Waals surface area contributed by atoms with Crippen LogP contribution in [0.2, 0.25) is 0 Å². The fraction of sp³-hybridized carbons (Fsp3) is 0.778. The molecule has 27 heavy (non-hydrogen) atoms. The number of alkyl carbamates (subject to hydrolysis) is 1. The zero-order valence-corrected chi connectivity index (χ0v) is 16.8. The maximum atomic E-state index is 12.4. The third-order valence-electron chi connectivity index (χ3n) is 4.33. The molecule has 1 N–H and O–H groups in total. The molecule has 0 aliphatic carbocycles. The lowest BCUT2D eigenvalue weighted by Gasteiger charge is -2.34. The lowest BCUT2D eigenvalue weighted by Crippen LogP contribution is -2.50. The Morgan fingerprint density at radius 1 is 1.11 bits per heavy atom. The van der Waals surface area contributed by atoms with Gasteiger partial charge in [0, 0.05) is 25.7 Å². The van der Waals surface area contributed by atoms with E-state index in [2.05, 4.69) is 5.32 Å². The summed E-state index contributed by atoms with van der Waals surface area (Å²) in [5.74, 6) is -1.43. The number of hydrogen-bond acceptors (Lipinski definition) is 6. The summed E-state index contributed by atoms with van der Waals surface area (Å²) in [7, 11) is 0. The van der Waals surface area contributed by atoms with Gasteiger partial charge in [0.25, 0.3) is 0 Å². The van der Waals surface area contributed by atoms with Crippen LogP contribution in [0.15, 0.2) is 0 Å². The van der Waals surface area contributed by atoms with Crippen LogP contribution in [-0.4, -0.2) is 76.6 Å². The van der Waals surface area contributed by atoms with Gasteiger partial charge in [-0.25, -0.2) is 14.5 Å². The van der Waals surface area contributed by atoms with Crippen molar-refractivity contribution in [2.45, 2.75) is 59.1 Å². The number of amides is 5. The Labute approximate surface area is 160 Å². The molecule has 2 rings (SSSR count). The summed E-state index contributed by atoms with van der Waals surface area (Å²) in [5.41, 5.74) is -0.546. The second kappa shape index (κ2) is 8.24. The molecule has 0 bridgehead atoms. The second-order valence-corrected chi connectivity index (χ2v) is 8.51. The second-order valence-electron chi connectivity index (χ2n) is 8.51. The van der Waals surface area contributed by atoms with E-state index >= 15 is 0 Å². The summed E-state index contributed by atoms with van der Waals surface area (Å²) >= 11 is 0. The first-order chi connectivity index (χ1) is 12.5. The summed E-state index contributed by atoms with van der Waals surface area (Å²) in [6, 6.07) is -0.562. The number of urea groups is 1. The minimum Gasteiger partial charge on any atom is -0.444 e. The SMILES string of the molecule is CC(C)CN1C(=O)C(=O)N(CN2CCC(NC(=O)OC(C)(C)C)CC2)C1=O. The number of ether oxygens (including phenoxy) is 1. The van der Waals surface area contributed by atoms with Gasteiger partial charge in [-0.05, 0) is 39.5 Å². The van der Waals surface area contributed by atoms with Gasteiger partial charge in [-0.1, -0.05) is 13.8 Å². The molecule has 152 valence electrons. The molecule has 2 aliphatic heterocycles. The van der Waals surface area contributed by atoms with Crippen LogP contribution in [0.4, 0.5) is 9.59 Å². The molecule has 0 aromatic heterocycles. The van der Waals surface area contributed by atoms with Gasteiger partial charge in [0.1, 0.15) is 5.60 Å². The molecule has 0 aromatic carbocycles. The third kappa shape index (κ3) is 5.66. The van der Waals surface area contributed by atoms with Crippen LogP contribution in [0.25, 0.3) is 0 Å². The highest BCUT2D eigenvalue weighted by Gasteiger charge is 2.45. The topological polar surface area (TPSA) is 99.3 Å². The first-order valence-electron chi connectivity index (χ1n) is 9.37. The fourth-order valence-corrected chi connectivity index (χ4v) is 3.09. The highest BCUT2D eigenvalue weighted by atomic mass is 16.6. The summed E-state index contributed by atoms with van der Waals surface area (Å²) in [6.07, 6.45) is 0.916. The largest absolute Gasteiger partial charge is 0.444 e. The highest BCUT2D eigenvalue weighted by Crippen LogP contribution is 2.18. The van der Waals surface area contributed by atoms with Gasteiger partial charge in [-0.2, -0.15) is 0 Å². The molecule has 2 saturated heterocycles. The number of hydrogen-bond donors (Lipinski definition) is 1. The van der Waals surface area contributed by atoms with Crippen molar-refractivity contribution >= 4 is 23.9 Å². The van der Waals surface area contributed by atoms with E-state index in [4.69, 9.17) is 4.74 Å². The van der Waals surface area contributed by atoms with E-state index in [1.54, 1.807) is 0 Å². The number of carbonyl (C=O) groups excluding carboxylic acids is 4. The highest BCUT2D eigenvalue weighted by molar-refractivity contribution is 6.44. The van der Waals surface area contributed by atoms with E-state index in [1.165, 1.54) is 0 Å². The molecule has 2 fully saturated rings. The number of nitrogens with zero attached hydrogens (tertiary/aromatic N) is 3. The number of nitrogens with one attached hydrogen (secondary N) is 1. The van der Waals surface area contributed by atoms with E-state index in [9.17, 15) is 19.2 Å². The average molecular weight is 382 g/mol. The molecule has 0 spiro atoms. The Balaban J connectivity index is 1.83.